The van der Waals surface area contributed by atoms with E-state index in [0.717, 1.165) is 24.3 Å². The van der Waals surface area contributed by atoms with Crippen LogP contribution in [0.5, 0.6) is 0 Å². The molecule has 1 aromatic carbocycles. The van der Waals surface area contributed by atoms with E-state index in [2.05, 4.69) is 29.3 Å². The summed E-state index contributed by atoms with van der Waals surface area (Å²) in [6.07, 6.45) is 0.106. The Morgan fingerprint density at radius 2 is 2.09 bits per heavy atom. The SMILES string of the molecule is Cc1cc(N2CCSCC2)ccc1NC(=O)N1CCO[C@@H](C)C1. The van der Waals surface area contributed by atoms with E-state index in [1.54, 1.807) is 0 Å². The normalized spacial score (nSPS) is 22.1. The number of amides is 2. The molecule has 0 bridgehead atoms. The van der Waals surface area contributed by atoms with Gasteiger partial charge in [-0.2, -0.15) is 11.8 Å². The van der Waals surface area contributed by atoms with Gasteiger partial charge in [-0.25, -0.2) is 4.79 Å². The fourth-order valence-corrected chi connectivity index (χ4v) is 3.91. The molecule has 0 radical (unpaired) electrons. The monoisotopic (exact) mass is 335 g/mol. The van der Waals surface area contributed by atoms with E-state index < -0.39 is 0 Å². The Kier molecular flexibility index (Phi) is 5.33. The standard InChI is InChI=1S/C17H25N3O2S/c1-13-11-15(19-6-9-23-10-7-19)3-4-16(13)18-17(21)20-5-8-22-14(2)12-20/h3-4,11,14H,5-10,12H2,1-2H3,(H,18,21)/t14-/m0/s1. The molecule has 1 N–H and O–H groups in total. The lowest BCUT2D eigenvalue weighted by molar-refractivity contribution is -0.00138. The average Bonchev–Trinajstić information content (AvgIpc) is 2.57. The number of nitrogens with one attached hydrogen (secondary N) is 1. The van der Waals surface area contributed by atoms with Crippen LogP contribution in [0.2, 0.25) is 0 Å². The van der Waals surface area contributed by atoms with Gasteiger partial charge in [-0.1, -0.05) is 0 Å². The maximum absolute atomic E-state index is 12.4. The van der Waals surface area contributed by atoms with Gasteiger partial charge in [0.15, 0.2) is 0 Å². The van der Waals surface area contributed by atoms with Crippen molar-refractivity contribution in [2.24, 2.45) is 0 Å². The molecule has 23 heavy (non-hydrogen) atoms. The van der Waals surface area contributed by atoms with Gasteiger partial charge in [0, 0.05) is 49.1 Å². The second-order valence-corrected chi connectivity index (χ2v) is 7.38. The summed E-state index contributed by atoms with van der Waals surface area (Å²) in [4.78, 5) is 16.6. The maximum Gasteiger partial charge on any atom is 0.322 e. The van der Waals surface area contributed by atoms with Gasteiger partial charge in [0.05, 0.1) is 12.7 Å². The van der Waals surface area contributed by atoms with Crippen LogP contribution < -0.4 is 10.2 Å². The van der Waals surface area contributed by atoms with Crippen LogP contribution in [0.3, 0.4) is 0 Å². The molecule has 5 nitrogen and oxygen atoms in total. The third-order valence-corrected chi connectivity index (χ3v) is 5.30. The number of rotatable bonds is 2. The number of carbonyl (C=O) groups is 1. The van der Waals surface area contributed by atoms with Gasteiger partial charge in [0.25, 0.3) is 0 Å². The second kappa shape index (κ2) is 7.45. The minimum Gasteiger partial charge on any atom is -0.375 e. The Morgan fingerprint density at radius 1 is 1.30 bits per heavy atom. The third-order valence-electron chi connectivity index (χ3n) is 4.36. The first-order valence-electron chi connectivity index (χ1n) is 8.24. The first-order valence-corrected chi connectivity index (χ1v) is 9.40. The minimum absolute atomic E-state index is 0.0367. The number of anilines is 2. The highest BCUT2D eigenvalue weighted by Crippen LogP contribution is 2.25. The molecule has 2 aliphatic rings. The summed E-state index contributed by atoms with van der Waals surface area (Å²) in [6, 6.07) is 6.27. The van der Waals surface area contributed by atoms with E-state index in [4.69, 9.17) is 4.74 Å². The zero-order valence-corrected chi connectivity index (χ0v) is 14.7. The first-order chi connectivity index (χ1) is 11.1. The fraction of sp³-hybridized carbons (Fsp3) is 0.588. The molecule has 2 saturated heterocycles. The van der Waals surface area contributed by atoms with Crippen LogP contribution in [0.25, 0.3) is 0 Å². The Bertz CT molecular complexity index is 561. The van der Waals surface area contributed by atoms with Gasteiger partial charge in [0.2, 0.25) is 0 Å². The largest absolute Gasteiger partial charge is 0.375 e. The third kappa shape index (κ3) is 4.12. The highest BCUT2D eigenvalue weighted by molar-refractivity contribution is 7.99. The number of nitrogens with zero attached hydrogens (tertiary/aromatic N) is 2. The van der Waals surface area contributed by atoms with Crippen molar-refractivity contribution in [2.75, 3.05) is 54.5 Å². The molecule has 2 heterocycles. The number of thioether (sulfide) groups is 1. The Labute approximate surface area is 142 Å². The van der Waals surface area contributed by atoms with Crippen LogP contribution in [0.1, 0.15) is 12.5 Å². The number of aryl methyl sites for hydroxylation is 1. The van der Waals surface area contributed by atoms with Crippen molar-refractivity contribution in [1.29, 1.82) is 0 Å². The summed E-state index contributed by atoms with van der Waals surface area (Å²) >= 11 is 2.01. The number of hydrogen-bond acceptors (Lipinski definition) is 4. The summed E-state index contributed by atoms with van der Waals surface area (Å²) < 4.78 is 5.49. The molecule has 0 aliphatic carbocycles. The minimum atomic E-state index is -0.0367. The number of hydrogen-bond donors (Lipinski definition) is 1. The lowest BCUT2D eigenvalue weighted by atomic mass is 10.1. The summed E-state index contributed by atoms with van der Waals surface area (Å²) in [5.74, 6) is 2.37. The van der Waals surface area contributed by atoms with Gasteiger partial charge >= 0.3 is 6.03 Å². The lowest BCUT2D eigenvalue weighted by Crippen LogP contribution is -2.46. The summed E-state index contributed by atoms with van der Waals surface area (Å²) in [6.45, 7) is 8.16. The van der Waals surface area contributed by atoms with Crippen molar-refractivity contribution in [3.8, 4) is 0 Å². The van der Waals surface area contributed by atoms with E-state index in [1.165, 1.54) is 17.2 Å². The molecular weight excluding hydrogens is 310 g/mol. The zero-order valence-electron chi connectivity index (χ0n) is 13.9. The first kappa shape index (κ1) is 16.5. The molecule has 126 valence electrons. The molecule has 0 spiro atoms. The molecule has 2 fully saturated rings. The average molecular weight is 335 g/mol. The zero-order chi connectivity index (χ0) is 16.2. The highest BCUT2D eigenvalue weighted by atomic mass is 32.2. The molecule has 2 aliphatic heterocycles. The van der Waals surface area contributed by atoms with Crippen molar-refractivity contribution >= 4 is 29.2 Å². The number of carbonyl (C=O) groups excluding carboxylic acids is 1. The van der Waals surface area contributed by atoms with E-state index in [0.29, 0.717) is 19.7 Å². The molecule has 6 heteroatoms. The number of urea groups is 1. The van der Waals surface area contributed by atoms with Crippen molar-refractivity contribution in [2.45, 2.75) is 20.0 Å². The molecule has 0 unspecified atom stereocenters. The van der Waals surface area contributed by atoms with Crippen LogP contribution in [0.4, 0.5) is 16.2 Å². The van der Waals surface area contributed by atoms with Crippen molar-refractivity contribution in [1.82, 2.24) is 4.90 Å². The Hall–Kier alpha value is -1.40. The van der Waals surface area contributed by atoms with E-state index in [9.17, 15) is 4.79 Å². The molecule has 1 aromatic rings. The van der Waals surface area contributed by atoms with Crippen LogP contribution in [0, 0.1) is 6.92 Å². The predicted octanol–water partition coefficient (Wildman–Crippen LogP) is 2.80. The van der Waals surface area contributed by atoms with E-state index in [1.807, 2.05) is 29.7 Å². The molecule has 3 rings (SSSR count). The Balaban J connectivity index is 1.64. The molecule has 2 amide bonds. The van der Waals surface area contributed by atoms with E-state index in [-0.39, 0.29) is 12.1 Å². The van der Waals surface area contributed by atoms with Crippen molar-refractivity contribution in [3.05, 3.63) is 23.8 Å². The number of ether oxygens (including phenoxy) is 1. The summed E-state index contributed by atoms with van der Waals surface area (Å²) in [5, 5.41) is 3.04. The van der Waals surface area contributed by atoms with Crippen LogP contribution in [-0.2, 0) is 4.74 Å². The van der Waals surface area contributed by atoms with Crippen LogP contribution in [0.15, 0.2) is 18.2 Å². The van der Waals surface area contributed by atoms with Crippen LogP contribution in [-0.4, -0.2) is 61.3 Å². The maximum atomic E-state index is 12.4. The number of benzene rings is 1. The van der Waals surface area contributed by atoms with Crippen LogP contribution >= 0.6 is 11.8 Å². The van der Waals surface area contributed by atoms with Gasteiger partial charge in [-0.15, -0.1) is 0 Å². The fourth-order valence-electron chi connectivity index (χ4n) is 3.00. The van der Waals surface area contributed by atoms with Crippen molar-refractivity contribution < 1.29 is 9.53 Å². The summed E-state index contributed by atoms with van der Waals surface area (Å²) in [7, 11) is 0. The summed E-state index contributed by atoms with van der Waals surface area (Å²) in [5.41, 5.74) is 3.25. The second-order valence-electron chi connectivity index (χ2n) is 6.16. The van der Waals surface area contributed by atoms with Gasteiger partial charge in [-0.3, -0.25) is 0 Å². The van der Waals surface area contributed by atoms with E-state index >= 15 is 0 Å². The highest BCUT2D eigenvalue weighted by Gasteiger charge is 2.22. The number of morpholine rings is 1. The smallest absolute Gasteiger partial charge is 0.322 e. The van der Waals surface area contributed by atoms with Gasteiger partial charge < -0.3 is 19.9 Å². The quantitative estimate of drug-likeness (QED) is 0.903. The van der Waals surface area contributed by atoms with Gasteiger partial charge in [-0.05, 0) is 37.6 Å². The van der Waals surface area contributed by atoms with Crippen molar-refractivity contribution in [3.63, 3.8) is 0 Å². The molecule has 1 atom stereocenters. The predicted molar refractivity (Wildman–Crippen MR) is 96.7 cm³/mol. The molecule has 0 aromatic heterocycles. The lowest BCUT2D eigenvalue weighted by Gasteiger charge is -2.31. The molecule has 0 saturated carbocycles. The van der Waals surface area contributed by atoms with Gasteiger partial charge in [0.1, 0.15) is 0 Å². The topological polar surface area (TPSA) is 44.8 Å². The molecular formula is C17H25N3O2S. The Morgan fingerprint density at radius 3 is 2.78 bits per heavy atom.